The number of hydrogen-bond acceptors (Lipinski definition) is 4. The zero-order valence-electron chi connectivity index (χ0n) is 13.6. The van der Waals surface area contributed by atoms with Gasteiger partial charge in [0.15, 0.2) is 0 Å². The van der Waals surface area contributed by atoms with Crippen molar-refractivity contribution in [2.75, 3.05) is 45.9 Å². The molecule has 1 atom stereocenters. The van der Waals surface area contributed by atoms with Crippen LogP contribution in [0.25, 0.3) is 0 Å². The lowest BCUT2D eigenvalue weighted by atomic mass is 10.1. The Bertz CT molecular complexity index is 504. The highest BCUT2D eigenvalue weighted by atomic mass is 19.1. The van der Waals surface area contributed by atoms with E-state index in [0.29, 0.717) is 38.4 Å². The summed E-state index contributed by atoms with van der Waals surface area (Å²) in [5.74, 6) is -0.298. The molecule has 1 amide bonds. The Labute approximate surface area is 136 Å². The summed E-state index contributed by atoms with van der Waals surface area (Å²) in [5, 5.41) is 9.85. The molecule has 1 aliphatic heterocycles. The second-order valence-electron chi connectivity index (χ2n) is 5.80. The van der Waals surface area contributed by atoms with Crippen molar-refractivity contribution in [3.05, 3.63) is 35.6 Å². The molecule has 0 aromatic heterocycles. The summed E-state index contributed by atoms with van der Waals surface area (Å²) in [6.45, 7) is 6.14. The summed E-state index contributed by atoms with van der Waals surface area (Å²) < 4.78 is 18.4. The summed E-state index contributed by atoms with van der Waals surface area (Å²) in [4.78, 5) is 16.2. The van der Waals surface area contributed by atoms with Gasteiger partial charge in [0.05, 0.1) is 19.1 Å². The minimum absolute atomic E-state index is 0.0186. The molecule has 1 unspecified atom stereocenters. The third-order valence-corrected chi connectivity index (χ3v) is 3.95. The van der Waals surface area contributed by atoms with Gasteiger partial charge in [-0.3, -0.25) is 9.69 Å². The molecule has 2 rings (SSSR count). The van der Waals surface area contributed by atoms with Gasteiger partial charge in [0.1, 0.15) is 5.82 Å². The van der Waals surface area contributed by atoms with Crippen molar-refractivity contribution in [1.82, 2.24) is 9.80 Å². The Morgan fingerprint density at radius 1 is 1.35 bits per heavy atom. The van der Waals surface area contributed by atoms with E-state index < -0.39 is 6.10 Å². The molecule has 0 spiro atoms. The van der Waals surface area contributed by atoms with E-state index >= 15 is 0 Å². The molecule has 0 saturated carbocycles. The number of aliphatic hydroxyl groups is 1. The average molecular weight is 324 g/mol. The molecule has 0 aliphatic carbocycles. The fraction of sp³-hybridized carbons (Fsp3) is 0.588. The number of halogens is 1. The van der Waals surface area contributed by atoms with Crippen LogP contribution in [0, 0.1) is 5.82 Å². The van der Waals surface area contributed by atoms with Crippen molar-refractivity contribution in [1.29, 1.82) is 0 Å². The van der Waals surface area contributed by atoms with E-state index in [2.05, 4.69) is 4.90 Å². The number of hydrogen-bond donors (Lipinski definition) is 1. The number of carbonyl (C=O) groups is 1. The number of aliphatic hydroxyl groups excluding tert-OH is 1. The molecular formula is C17H25FN2O3. The first-order valence-corrected chi connectivity index (χ1v) is 8.09. The number of carbonyl (C=O) groups excluding carboxylic acids is 1. The molecule has 1 aliphatic rings. The molecule has 0 bridgehead atoms. The Morgan fingerprint density at radius 3 is 2.74 bits per heavy atom. The highest BCUT2D eigenvalue weighted by Gasteiger charge is 2.22. The third-order valence-electron chi connectivity index (χ3n) is 3.95. The molecule has 128 valence electrons. The van der Waals surface area contributed by atoms with Crippen LogP contribution in [0.1, 0.15) is 12.5 Å². The molecule has 1 fully saturated rings. The number of β-amino-alcohol motifs (C(OH)–C–C–N with tert-alkyl or cyclic N) is 1. The average Bonchev–Trinajstić information content (AvgIpc) is 2.53. The maximum atomic E-state index is 13.2. The van der Waals surface area contributed by atoms with Gasteiger partial charge in [0.25, 0.3) is 0 Å². The van der Waals surface area contributed by atoms with E-state index in [1.54, 1.807) is 17.0 Å². The van der Waals surface area contributed by atoms with Gasteiger partial charge in [-0.05, 0) is 24.6 Å². The SMILES string of the molecule is CCOCC(O)CN1CCN(C(=O)Cc2cccc(F)c2)CC1. The number of rotatable bonds is 7. The van der Waals surface area contributed by atoms with Crippen molar-refractivity contribution in [3.8, 4) is 0 Å². The van der Waals surface area contributed by atoms with Crippen molar-refractivity contribution >= 4 is 5.91 Å². The summed E-state index contributed by atoms with van der Waals surface area (Å²) >= 11 is 0. The van der Waals surface area contributed by atoms with Crippen LogP contribution >= 0.6 is 0 Å². The lowest BCUT2D eigenvalue weighted by molar-refractivity contribution is -0.132. The monoisotopic (exact) mass is 324 g/mol. The quantitative estimate of drug-likeness (QED) is 0.810. The zero-order valence-corrected chi connectivity index (χ0v) is 13.6. The second kappa shape index (κ2) is 8.96. The first kappa shape index (κ1) is 17.8. The highest BCUT2D eigenvalue weighted by Crippen LogP contribution is 2.09. The molecule has 0 radical (unpaired) electrons. The normalized spacial score (nSPS) is 17.3. The fourth-order valence-corrected chi connectivity index (χ4v) is 2.72. The Kier molecular flexibility index (Phi) is 6.95. The number of benzene rings is 1. The maximum Gasteiger partial charge on any atom is 0.227 e. The smallest absolute Gasteiger partial charge is 0.227 e. The van der Waals surface area contributed by atoms with E-state index in [9.17, 15) is 14.3 Å². The molecular weight excluding hydrogens is 299 g/mol. The standard InChI is InChI=1S/C17H25FN2O3/c1-2-23-13-16(21)12-19-6-8-20(9-7-19)17(22)11-14-4-3-5-15(18)10-14/h3-5,10,16,21H,2,6-9,11-13H2,1H3. The summed E-state index contributed by atoms with van der Waals surface area (Å²) in [7, 11) is 0. The van der Waals surface area contributed by atoms with E-state index in [4.69, 9.17) is 4.74 Å². The van der Waals surface area contributed by atoms with Gasteiger partial charge in [-0.25, -0.2) is 4.39 Å². The highest BCUT2D eigenvalue weighted by molar-refractivity contribution is 5.78. The molecule has 1 aromatic rings. The predicted molar refractivity (Wildman–Crippen MR) is 85.6 cm³/mol. The summed E-state index contributed by atoms with van der Waals surface area (Å²) in [5.41, 5.74) is 0.699. The van der Waals surface area contributed by atoms with Crippen LogP contribution < -0.4 is 0 Å². The molecule has 1 N–H and O–H groups in total. The van der Waals surface area contributed by atoms with Crippen LogP contribution in [0.5, 0.6) is 0 Å². The van der Waals surface area contributed by atoms with Crippen molar-refractivity contribution in [2.24, 2.45) is 0 Å². The Balaban J connectivity index is 1.74. The van der Waals surface area contributed by atoms with E-state index in [1.165, 1.54) is 12.1 Å². The number of ether oxygens (including phenoxy) is 1. The molecule has 5 nitrogen and oxygen atoms in total. The molecule has 1 heterocycles. The Hall–Kier alpha value is -1.50. The molecule has 1 saturated heterocycles. The first-order chi connectivity index (χ1) is 11.1. The lowest BCUT2D eigenvalue weighted by Gasteiger charge is -2.35. The van der Waals surface area contributed by atoms with Gasteiger partial charge in [-0.1, -0.05) is 12.1 Å². The van der Waals surface area contributed by atoms with Crippen LogP contribution in [0.15, 0.2) is 24.3 Å². The van der Waals surface area contributed by atoms with Gasteiger partial charge in [-0.2, -0.15) is 0 Å². The summed E-state index contributed by atoms with van der Waals surface area (Å²) in [6, 6.07) is 6.16. The largest absolute Gasteiger partial charge is 0.389 e. The molecule has 23 heavy (non-hydrogen) atoms. The van der Waals surface area contributed by atoms with Crippen LogP contribution in [-0.2, 0) is 16.0 Å². The van der Waals surface area contributed by atoms with Crippen molar-refractivity contribution in [3.63, 3.8) is 0 Å². The minimum atomic E-state index is -0.496. The first-order valence-electron chi connectivity index (χ1n) is 8.09. The van der Waals surface area contributed by atoms with Gasteiger partial charge >= 0.3 is 0 Å². The summed E-state index contributed by atoms with van der Waals surface area (Å²) in [6.07, 6.45) is -0.269. The van der Waals surface area contributed by atoms with E-state index in [0.717, 1.165) is 13.1 Å². The number of piperazine rings is 1. The second-order valence-corrected chi connectivity index (χ2v) is 5.80. The predicted octanol–water partition coefficient (Wildman–Crippen LogP) is 0.910. The van der Waals surface area contributed by atoms with Gasteiger partial charge < -0.3 is 14.7 Å². The maximum absolute atomic E-state index is 13.2. The topological polar surface area (TPSA) is 53.0 Å². The number of nitrogens with zero attached hydrogens (tertiary/aromatic N) is 2. The zero-order chi connectivity index (χ0) is 16.7. The van der Waals surface area contributed by atoms with Gasteiger partial charge in [0.2, 0.25) is 5.91 Å². The minimum Gasteiger partial charge on any atom is -0.389 e. The van der Waals surface area contributed by atoms with Gasteiger partial charge in [-0.15, -0.1) is 0 Å². The van der Waals surface area contributed by atoms with Crippen LogP contribution in [0.4, 0.5) is 4.39 Å². The van der Waals surface area contributed by atoms with Crippen molar-refractivity contribution in [2.45, 2.75) is 19.4 Å². The van der Waals surface area contributed by atoms with E-state index in [1.807, 2.05) is 6.92 Å². The molecule has 1 aromatic carbocycles. The fourth-order valence-electron chi connectivity index (χ4n) is 2.72. The Morgan fingerprint density at radius 2 is 2.09 bits per heavy atom. The van der Waals surface area contributed by atoms with Gasteiger partial charge in [0, 0.05) is 39.3 Å². The van der Waals surface area contributed by atoms with Crippen LogP contribution in [0.3, 0.4) is 0 Å². The molecule has 6 heteroatoms. The van der Waals surface area contributed by atoms with E-state index in [-0.39, 0.29) is 18.1 Å². The number of amides is 1. The third kappa shape index (κ3) is 5.89. The van der Waals surface area contributed by atoms with Crippen LogP contribution in [-0.4, -0.2) is 72.9 Å². The lowest BCUT2D eigenvalue weighted by Crippen LogP contribution is -2.51. The van der Waals surface area contributed by atoms with Crippen LogP contribution in [0.2, 0.25) is 0 Å². The van der Waals surface area contributed by atoms with Crippen molar-refractivity contribution < 1.29 is 19.0 Å².